The van der Waals surface area contributed by atoms with Gasteiger partial charge in [-0.15, -0.1) is 0 Å². The van der Waals surface area contributed by atoms with Gasteiger partial charge in [0.2, 0.25) is 0 Å². The number of fused-ring (bicyclic) bond motifs is 6. The van der Waals surface area contributed by atoms with Crippen molar-refractivity contribution in [2.75, 3.05) is 0 Å². The molecule has 0 fully saturated rings. The molecular formula is C74H80N4OSi4. The SMILES string of the molecule is [2H]c1c([2H])c2c(c([2H])c1-c1cccc(-c3c([2H])c([2H])c4c(c3[2H])[Si](C)(C)CC[Si]4(C)C)c1-[n+]1[c-]n(-c3cccc(Oc4ccc5c6cc(-c7ccc(C(C)(C)C)cc7)ccc6n(-c6cc(C(C)(C)C)ccn6)c5c4)c3)c3ccccc31)[Si](C)(C)CC[Si]2(C)C. The molecule has 0 atom stereocenters. The maximum atomic E-state index is 10.4. The van der Waals surface area contributed by atoms with Crippen LogP contribution in [0.3, 0.4) is 0 Å². The molecule has 0 radical (unpaired) electrons. The van der Waals surface area contributed by atoms with E-state index in [9.17, 15) is 8.22 Å². The van der Waals surface area contributed by atoms with E-state index in [1.54, 1.807) is 0 Å². The Balaban J connectivity index is 0.989. The highest BCUT2D eigenvalue weighted by Gasteiger charge is 2.41. The molecule has 0 amide bonds. The van der Waals surface area contributed by atoms with Crippen LogP contribution in [0.25, 0.3) is 83.4 Å². The summed E-state index contributed by atoms with van der Waals surface area (Å²) in [5.41, 5.74) is 11.6. The first kappa shape index (κ1) is 48.2. The Labute approximate surface area is 505 Å². The quantitative estimate of drug-likeness (QED) is 0.0863. The monoisotopic (exact) mass is 1160 g/mol. The summed E-state index contributed by atoms with van der Waals surface area (Å²) in [6.45, 7) is 31.8. The smallest absolute Gasteiger partial charge is 0.269 e. The van der Waals surface area contributed by atoms with Gasteiger partial charge in [0.05, 0.1) is 74.0 Å². The number of hydrogen-bond donors (Lipinski definition) is 0. The van der Waals surface area contributed by atoms with Gasteiger partial charge in [0.1, 0.15) is 17.3 Å². The summed E-state index contributed by atoms with van der Waals surface area (Å²) in [7, 11) is -8.89. The average Bonchev–Trinajstić information content (AvgIpc) is 1.33. The van der Waals surface area contributed by atoms with E-state index in [1.807, 2.05) is 82.1 Å². The van der Waals surface area contributed by atoms with Gasteiger partial charge in [0.25, 0.3) is 6.33 Å². The molecule has 0 N–H and O–H groups in total. The predicted molar refractivity (Wildman–Crippen MR) is 364 cm³/mol. The molecule has 11 aromatic rings. The Kier molecular flexibility index (Phi) is 11.5. The lowest BCUT2D eigenvalue weighted by Gasteiger charge is -2.40. The lowest BCUT2D eigenvalue weighted by molar-refractivity contribution is -0.571. The van der Waals surface area contributed by atoms with Gasteiger partial charge in [-0.3, -0.25) is 13.7 Å². The molecule has 0 bridgehead atoms. The van der Waals surface area contributed by atoms with E-state index in [4.69, 9.17) is 9.72 Å². The second kappa shape index (κ2) is 19.7. The van der Waals surface area contributed by atoms with Gasteiger partial charge in [-0.1, -0.05) is 254 Å². The minimum Gasteiger partial charge on any atom is -0.458 e. The Hall–Kier alpha value is -7.15. The summed E-state index contributed by atoms with van der Waals surface area (Å²) >= 11 is 0. The fourth-order valence-electron chi connectivity index (χ4n) is 13.0. The topological polar surface area (TPSA) is 35.9 Å². The van der Waals surface area contributed by atoms with Crippen LogP contribution in [0.15, 0.2) is 182 Å². The third-order valence-electron chi connectivity index (χ3n) is 18.4. The summed E-state index contributed by atoms with van der Waals surface area (Å²) in [6.07, 6.45) is 5.70. The Morgan fingerprint density at radius 3 is 1.70 bits per heavy atom. The fourth-order valence-corrected chi connectivity index (χ4v) is 32.7. The van der Waals surface area contributed by atoms with E-state index < -0.39 is 32.3 Å². The molecule has 9 heteroatoms. The third-order valence-corrected chi connectivity index (χ3v) is 32.8. The molecule has 13 rings (SSSR count). The van der Waals surface area contributed by atoms with Crippen molar-refractivity contribution in [1.82, 2.24) is 14.1 Å². The highest BCUT2D eigenvalue weighted by atomic mass is 28.3. The zero-order valence-electron chi connectivity index (χ0n) is 56.9. The molecule has 0 saturated carbocycles. The number of aromatic nitrogens is 4. The van der Waals surface area contributed by atoms with Crippen molar-refractivity contribution in [2.45, 2.75) is 129 Å². The number of ether oxygens (including phenoxy) is 1. The minimum absolute atomic E-state index is 0.0265. The number of pyridine rings is 1. The summed E-state index contributed by atoms with van der Waals surface area (Å²) in [5, 5.41) is 6.09. The summed E-state index contributed by atoms with van der Waals surface area (Å²) < 4.78 is 73.8. The highest BCUT2D eigenvalue weighted by Crippen LogP contribution is 2.41. The Morgan fingerprint density at radius 1 is 0.494 bits per heavy atom. The van der Waals surface area contributed by atoms with Crippen LogP contribution in [0.1, 0.15) is 60.9 Å². The van der Waals surface area contributed by atoms with E-state index in [0.717, 1.165) is 100 Å². The number of benzene rings is 8. The fraction of sp³-hybridized carbons (Fsp3) is 0.270. The Morgan fingerprint density at radius 2 is 1.07 bits per heavy atom. The number of para-hydroxylation sites is 3. The van der Waals surface area contributed by atoms with Crippen LogP contribution in [0.4, 0.5) is 0 Å². The van der Waals surface area contributed by atoms with Crippen molar-refractivity contribution in [3.8, 4) is 62.1 Å². The van der Waals surface area contributed by atoms with Crippen LogP contribution in [0.5, 0.6) is 11.5 Å². The van der Waals surface area contributed by atoms with Gasteiger partial charge in [-0.05, 0) is 110 Å². The van der Waals surface area contributed by atoms with Crippen LogP contribution < -0.4 is 30.1 Å². The first-order valence-corrected chi connectivity index (χ1v) is 42.5. The zero-order chi connectivity index (χ0) is 63.4. The molecular weight excluding hydrogens is 1070 g/mol. The van der Waals surface area contributed by atoms with Crippen molar-refractivity contribution in [2.24, 2.45) is 0 Å². The van der Waals surface area contributed by atoms with E-state index in [0.29, 0.717) is 51.5 Å². The summed E-state index contributed by atoms with van der Waals surface area (Å²) in [4.78, 5) is 5.01. The molecule has 0 unspecified atom stereocenters. The maximum Gasteiger partial charge on any atom is 0.269 e. The van der Waals surface area contributed by atoms with Crippen LogP contribution in [-0.2, 0) is 10.8 Å². The van der Waals surface area contributed by atoms with Crippen molar-refractivity contribution in [3.63, 3.8) is 0 Å². The van der Waals surface area contributed by atoms with Crippen LogP contribution >= 0.6 is 0 Å². The first-order valence-electron chi connectivity index (χ1n) is 32.7. The lowest BCUT2D eigenvalue weighted by Crippen LogP contribution is -2.63. The molecule has 2 aliphatic heterocycles. The molecule has 83 heavy (non-hydrogen) atoms. The molecule has 0 saturated heterocycles. The number of rotatable bonds is 8. The molecule has 5 heterocycles. The second-order valence-corrected chi connectivity index (χ2v) is 47.4. The number of imidazole rings is 1. The van der Waals surface area contributed by atoms with Gasteiger partial charge < -0.3 is 4.74 Å². The molecule has 2 aliphatic rings. The summed E-state index contributed by atoms with van der Waals surface area (Å²) in [6, 6.07) is 53.4. The van der Waals surface area contributed by atoms with Crippen LogP contribution in [0, 0.1) is 6.33 Å². The molecule has 418 valence electrons. The van der Waals surface area contributed by atoms with Crippen molar-refractivity contribution >= 4 is 85.9 Å². The predicted octanol–water partition coefficient (Wildman–Crippen LogP) is 17.3. The van der Waals surface area contributed by atoms with Gasteiger partial charge in [0, 0.05) is 23.0 Å². The largest absolute Gasteiger partial charge is 0.458 e. The highest BCUT2D eigenvalue weighted by molar-refractivity contribution is 7.04. The molecule has 8 aromatic carbocycles. The second-order valence-electron chi connectivity index (χ2n) is 28.3. The van der Waals surface area contributed by atoms with E-state index in [1.165, 1.54) is 11.1 Å². The molecule has 5 nitrogen and oxygen atoms in total. The minimum atomic E-state index is -2.26. The first-order chi connectivity index (χ1) is 41.9. The normalized spacial score (nSPS) is 17.3. The van der Waals surface area contributed by atoms with Gasteiger partial charge in [-0.25, -0.2) is 4.98 Å². The van der Waals surface area contributed by atoms with Gasteiger partial charge in [-0.2, -0.15) is 0 Å². The maximum absolute atomic E-state index is 10.4. The molecule has 3 aromatic heterocycles. The molecule has 0 aliphatic carbocycles. The van der Waals surface area contributed by atoms with E-state index in [-0.39, 0.29) is 35.0 Å². The zero-order valence-corrected chi connectivity index (χ0v) is 54.9. The van der Waals surface area contributed by atoms with E-state index >= 15 is 0 Å². The standard InChI is InChI=1S/C74H80N4OSi4/c1-73(2,3)54-30-25-50(26-31-54)51-27-34-63-62(43-51)61-33-32-58(48-66(61)78(63)71-46-55(37-38-75-71)74(4,5)6)79-57-20-17-19-56(47-57)76-49-77(65-24-16-15-23-64(65)76)72-59(52-28-35-67-69(44-52)82(11,12)41-39-80(67,7)8)21-18-22-60(72)53-29-36-68-70(45-53)83(13,14)42-40-81(68,9)10/h15-38,43-48H,39-42H2,1-14H3/i28D,29D,35D,36D,44D,45D. The van der Waals surface area contributed by atoms with Crippen molar-refractivity contribution in [1.29, 1.82) is 0 Å². The van der Waals surface area contributed by atoms with Gasteiger partial charge in [0.15, 0.2) is 0 Å². The van der Waals surface area contributed by atoms with Crippen LogP contribution in [-0.4, -0.2) is 46.4 Å². The number of nitrogens with zero attached hydrogens (tertiary/aromatic N) is 4. The van der Waals surface area contributed by atoms with Crippen LogP contribution in [0.2, 0.25) is 76.6 Å². The van der Waals surface area contributed by atoms with Crippen molar-refractivity contribution < 1.29 is 17.5 Å². The third kappa shape index (κ3) is 9.75. The Bertz CT molecular complexity index is 4640. The number of hydrogen-bond acceptors (Lipinski definition) is 2. The molecule has 0 spiro atoms. The van der Waals surface area contributed by atoms with Gasteiger partial charge >= 0.3 is 0 Å². The lowest BCUT2D eigenvalue weighted by atomic mass is 9.86. The van der Waals surface area contributed by atoms with E-state index in [2.05, 4.69) is 178 Å². The summed E-state index contributed by atoms with van der Waals surface area (Å²) in [5.74, 6) is 2.09. The average molecular weight is 1160 g/mol. The van der Waals surface area contributed by atoms with Crippen molar-refractivity contribution in [3.05, 3.63) is 199 Å².